The molecule has 0 heterocycles. The first-order valence-electron chi connectivity index (χ1n) is 10.8. The fraction of sp³-hybridized carbons (Fsp3) is 0.800. The molecule has 0 saturated carbocycles. The monoisotopic (exact) mass is 477 g/mol. The van der Waals surface area contributed by atoms with Crippen molar-refractivity contribution in [2.75, 3.05) is 25.2 Å². The Morgan fingerprint density at radius 2 is 1.47 bits per heavy atom. The smallest absolute Gasteiger partial charge is 0.326 e. The molecule has 0 aliphatic carbocycles. The van der Waals surface area contributed by atoms with Crippen LogP contribution >= 0.6 is 11.8 Å². The summed E-state index contributed by atoms with van der Waals surface area (Å²) in [5.41, 5.74) is 11.4. The molecule has 9 N–H and O–H groups in total. The number of carboxylic acid groups (broad SMARTS) is 1. The third-order valence-corrected chi connectivity index (χ3v) is 5.33. The molecule has 186 valence electrons. The van der Waals surface area contributed by atoms with E-state index >= 15 is 0 Å². The van der Waals surface area contributed by atoms with E-state index in [0.29, 0.717) is 31.6 Å². The Labute approximate surface area is 193 Å². The molecule has 0 saturated heterocycles. The lowest BCUT2D eigenvalue weighted by Gasteiger charge is -2.24. The third kappa shape index (κ3) is 12.2. The summed E-state index contributed by atoms with van der Waals surface area (Å²) < 4.78 is 0. The van der Waals surface area contributed by atoms with Crippen LogP contribution in [0.25, 0.3) is 0 Å². The second-order valence-corrected chi connectivity index (χ2v) is 8.99. The van der Waals surface area contributed by atoms with Crippen molar-refractivity contribution in [2.24, 2.45) is 17.4 Å². The van der Waals surface area contributed by atoms with Gasteiger partial charge in [0.1, 0.15) is 18.1 Å². The highest BCUT2D eigenvalue weighted by Crippen LogP contribution is 2.07. The van der Waals surface area contributed by atoms with Crippen molar-refractivity contribution in [1.29, 1.82) is 0 Å². The number of carbonyl (C=O) groups excluding carboxylic acids is 3. The van der Waals surface area contributed by atoms with E-state index in [1.54, 1.807) is 11.8 Å². The van der Waals surface area contributed by atoms with Gasteiger partial charge in [0.25, 0.3) is 0 Å². The van der Waals surface area contributed by atoms with Crippen LogP contribution in [0.2, 0.25) is 0 Å². The highest BCUT2D eigenvalue weighted by atomic mass is 32.2. The van der Waals surface area contributed by atoms with E-state index in [2.05, 4.69) is 16.0 Å². The molecular formula is C20H39N5O6S. The molecule has 0 aromatic rings. The van der Waals surface area contributed by atoms with Crippen LogP contribution < -0.4 is 27.4 Å². The summed E-state index contributed by atoms with van der Waals surface area (Å²) in [6, 6.07) is -4.27. The summed E-state index contributed by atoms with van der Waals surface area (Å²) in [7, 11) is 0. The van der Waals surface area contributed by atoms with E-state index in [1.807, 2.05) is 20.1 Å². The first-order chi connectivity index (χ1) is 15.1. The molecule has 4 atom stereocenters. The maximum absolute atomic E-state index is 12.8. The average Bonchev–Trinajstić information content (AvgIpc) is 2.73. The lowest BCUT2D eigenvalue weighted by molar-refractivity contribution is -0.143. The number of carboxylic acids is 1. The number of aliphatic hydroxyl groups excluding tert-OH is 1. The quantitative estimate of drug-likeness (QED) is 0.125. The maximum Gasteiger partial charge on any atom is 0.326 e. The zero-order valence-electron chi connectivity index (χ0n) is 19.1. The van der Waals surface area contributed by atoms with E-state index in [0.717, 1.165) is 0 Å². The summed E-state index contributed by atoms with van der Waals surface area (Å²) in [4.78, 5) is 49.0. The molecule has 32 heavy (non-hydrogen) atoms. The molecule has 0 aromatic heterocycles. The molecule has 11 nitrogen and oxygen atoms in total. The summed E-state index contributed by atoms with van der Waals surface area (Å²) >= 11 is 1.55. The van der Waals surface area contributed by atoms with Crippen molar-refractivity contribution in [2.45, 2.75) is 70.1 Å². The predicted molar refractivity (Wildman–Crippen MR) is 124 cm³/mol. The van der Waals surface area contributed by atoms with Crippen LogP contribution in [0.5, 0.6) is 0 Å². The number of hydrogen-bond acceptors (Lipinski definition) is 8. The second-order valence-electron chi connectivity index (χ2n) is 8.01. The van der Waals surface area contributed by atoms with Crippen molar-refractivity contribution in [3.8, 4) is 0 Å². The number of carbonyl (C=O) groups is 4. The molecular weight excluding hydrogens is 438 g/mol. The molecule has 0 rings (SSSR count). The van der Waals surface area contributed by atoms with Gasteiger partial charge in [-0.3, -0.25) is 14.4 Å². The fourth-order valence-corrected chi connectivity index (χ4v) is 3.34. The summed E-state index contributed by atoms with van der Waals surface area (Å²) in [5, 5.41) is 26.2. The van der Waals surface area contributed by atoms with Crippen molar-refractivity contribution in [1.82, 2.24) is 16.0 Å². The normalized spacial score (nSPS) is 14.8. The lowest BCUT2D eigenvalue weighted by Crippen LogP contribution is -2.58. The minimum absolute atomic E-state index is 0.0102. The zero-order valence-corrected chi connectivity index (χ0v) is 20.0. The number of nitrogens with one attached hydrogen (secondary N) is 3. The van der Waals surface area contributed by atoms with Gasteiger partial charge in [-0.1, -0.05) is 13.8 Å². The number of nitrogens with two attached hydrogens (primary N) is 2. The molecule has 12 heteroatoms. The number of unbranched alkanes of at least 4 members (excludes halogenated alkanes) is 1. The standard InChI is InChI=1S/C20H39N5O6S/c1-12(2)10-15(20(30)31)24-19(29)16(11-26)25-18(28)14(6-4-5-8-21)23-17(27)13(22)7-9-32-3/h12-16,26H,4-11,21-22H2,1-3H3,(H,23,27)(H,24,29)(H,25,28)(H,30,31). The molecule has 0 bridgehead atoms. The first-order valence-corrected chi connectivity index (χ1v) is 12.2. The van der Waals surface area contributed by atoms with Crippen LogP contribution in [0.3, 0.4) is 0 Å². The molecule has 3 amide bonds. The number of thioether (sulfide) groups is 1. The van der Waals surface area contributed by atoms with Gasteiger partial charge in [0.2, 0.25) is 17.7 Å². The van der Waals surface area contributed by atoms with Gasteiger partial charge in [-0.15, -0.1) is 0 Å². The van der Waals surface area contributed by atoms with E-state index in [1.165, 1.54) is 0 Å². The van der Waals surface area contributed by atoms with Gasteiger partial charge in [-0.25, -0.2) is 4.79 Å². The topological polar surface area (TPSA) is 197 Å². The number of hydrogen-bond donors (Lipinski definition) is 7. The van der Waals surface area contributed by atoms with Gasteiger partial charge < -0.3 is 37.6 Å². The fourth-order valence-electron chi connectivity index (χ4n) is 2.85. The Kier molecular flexibility index (Phi) is 15.7. The number of amides is 3. The van der Waals surface area contributed by atoms with Crippen LogP contribution in [0, 0.1) is 5.92 Å². The first kappa shape index (κ1) is 30.1. The average molecular weight is 478 g/mol. The van der Waals surface area contributed by atoms with Gasteiger partial charge in [0.05, 0.1) is 12.6 Å². The van der Waals surface area contributed by atoms with Gasteiger partial charge in [-0.05, 0) is 56.6 Å². The van der Waals surface area contributed by atoms with E-state index in [9.17, 15) is 29.4 Å². The van der Waals surface area contributed by atoms with Crippen molar-refractivity contribution >= 4 is 35.5 Å². The SMILES string of the molecule is CSCCC(N)C(=O)NC(CCCCN)C(=O)NC(CO)C(=O)NC(CC(C)C)C(=O)O. The number of aliphatic hydroxyl groups is 1. The Balaban J connectivity index is 5.19. The Hall–Kier alpha value is -1.89. The Morgan fingerprint density at radius 1 is 0.906 bits per heavy atom. The minimum atomic E-state index is -1.37. The van der Waals surface area contributed by atoms with Crippen molar-refractivity contribution < 1.29 is 29.4 Å². The van der Waals surface area contributed by atoms with E-state index in [-0.39, 0.29) is 18.8 Å². The summed E-state index contributed by atoms with van der Waals surface area (Å²) in [6.45, 7) is 3.31. The maximum atomic E-state index is 12.8. The lowest BCUT2D eigenvalue weighted by atomic mass is 10.0. The molecule has 0 aromatic carbocycles. The van der Waals surface area contributed by atoms with E-state index in [4.69, 9.17) is 11.5 Å². The zero-order chi connectivity index (χ0) is 24.7. The Bertz CT molecular complexity index is 607. The second kappa shape index (κ2) is 16.7. The summed E-state index contributed by atoms with van der Waals surface area (Å²) in [5.74, 6) is -2.49. The van der Waals surface area contributed by atoms with Gasteiger partial charge in [0.15, 0.2) is 0 Å². The molecule has 0 fully saturated rings. The third-order valence-electron chi connectivity index (χ3n) is 4.69. The predicted octanol–water partition coefficient (Wildman–Crippen LogP) is -1.23. The van der Waals surface area contributed by atoms with Gasteiger partial charge in [0, 0.05) is 0 Å². The highest BCUT2D eigenvalue weighted by Gasteiger charge is 2.30. The number of aliphatic carboxylic acids is 1. The highest BCUT2D eigenvalue weighted by molar-refractivity contribution is 7.98. The van der Waals surface area contributed by atoms with Crippen LogP contribution in [-0.4, -0.2) is 83.2 Å². The molecule has 4 unspecified atom stereocenters. The largest absolute Gasteiger partial charge is 0.480 e. The van der Waals surface area contributed by atoms with Crippen LogP contribution in [-0.2, 0) is 19.2 Å². The van der Waals surface area contributed by atoms with Crippen molar-refractivity contribution in [3.05, 3.63) is 0 Å². The molecule has 0 radical (unpaired) electrons. The molecule has 0 aliphatic rings. The van der Waals surface area contributed by atoms with Gasteiger partial charge in [-0.2, -0.15) is 11.8 Å². The molecule has 0 spiro atoms. The van der Waals surface area contributed by atoms with Crippen LogP contribution in [0.15, 0.2) is 0 Å². The minimum Gasteiger partial charge on any atom is -0.480 e. The molecule has 0 aliphatic heterocycles. The van der Waals surface area contributed by atoms with Crippen LogP contribution in [0.1, 0.15) is 46.0 Å². The van der Waals surface area contributed by atoms with Crippen molar-refractivity contribution in [3.63, 3.8) is 0 Å². The summed E-state index contributed by atoms with van der Waals surface area (Å²) in [6.07, 6.45) is 3.99. The van der Waals surface area contributed by atoms with E-state index < -0.39 is 54.5 Å². The Morgan fingerprint density at radius 3 is 1.97 bits per heavy atom. The van der Waals surface area contributed by atoms with Crippen LogP contribution in [0.4, 0.5) is 0 Å². The van der Waals surface area contributed by atoms with Gasteiger partial charge >= 0.3 is 5.97 Å². The number of rotatable bonds is 17.